The molecule has 1 aliphatic carbocycles. The van der Waals surface area contributed by atoms with Crippen LogP contribution in [0.5, 0.6) is 0 Å². The zero-order chi connectivity index (χ0) is 7.56. The number of hydrogen-bond acceptors (Lipinski definition) is 1. The van der Waals surface area contributed by atoms with E-state index in [-0.39, 0.29) is 5.25 Å². The molecule has 0 aromatic heterocycles. The predicted octanol–water partition coefficient (Wildman–Crippen LogP) is 1.71. The lowest BCUT2D eigenvalue weighted by Crippen LogP contribution is -2.17. The lowest BCUT2D eigenvalue weighted by Gasteiger charge is -2.16. The second-order valence-corrected chi connectivity index (χ2v) is 3.95. The Morgan fingerprint density at radius 2 is 2.50 bits per heavy atom. The average Bonchev–Trinajstić information content (AvgIpc) is 1.88. The molecule has 0 saturated heterocycles. The molecule has 10 heavy (non-hydrogen) atoms. The molecule has 1 rings (SSSR count). The van der Waals surface area contributed by atoms with Crippen molar-refractivity contribution in [3.63, 3.8) is 0 Å². The maximum Gasteiger partial charge on any atom is 0.156 e. The van der Waals surface area contributed by atoms with E-state index in [1.807, 2.05) is 6.92 Å². The van der Waals surface area contributed by atoms with Crippen molar-refractivity contribution in [1.29, 1.82) is 0 Å². The van der Waals surface area contributed by atoms with Crippen LogP contribution in [0, 0.1) is 0 Å². The first kappa shape index (κ1) is 7.95. The fourth-order valence-corrected chi connectivity index (χ4v) is 1.98. The van der Waals surface area contributed by atoms with E-state index in [2.05, 4.69) is 6.08 Å². The first-order chi connectivity index (χ1) is 4.70. The van der Waals surface area contributed by atoms with Crippen LogP contribution in [0.1, 0.15) is 26.2 Å². The molecule has 1 aliphatic rings. The predicted molar refractivity (Wildman–Crippen MR) is 42.2 cm³/mol. The van der Waals surface area contributed by atoms with Gasteiger partial charge < -0.3 is 4.55 Å². The highest BCUT2D eigenvalue weighted by molar-refractivity contribution is 7.79. The highest BCUT2D eigenvalue weighted by Crippen LogP contribution is 2.20. The molecule has 0 aliphatic heterocycles. The van der Waals surface area contributed by atoms with Crippen molar-refractivity contribution in [2.24, 2.45) is 0 Å². The van der Waals surface area contributed by atoms with Crippen LogP contribution in [0.25, 0.3) is 0 Å². The van der Waals surface area contributed by atoms with E-state index in [0.717, 1.165) is 19.3 Å². The Balaban J connectivity index is 2.53. The molecule has 58 valence electrons. The van der Waals surface area contributed by atoms with E-state index in [1.54, 1.807) is 0 Å². The molecule has 2 nitrogen and oxygen atoms in total. The molecule has 2 atom stereocenters. The molecule has 1 N–H and O–H groups in total. The highest BCUT2D eigenvalue weighted by atomic mass is 32.2. The summed E-state index contributed by atoms with van der Waals surface area (Å²) in [5.74, 6) is 0. The van der Waals surface area contributed by atoms with Gasteiger partial charge in [-0.2, -0.15) is 0 Å². The quantitative estimate of drug-likeness (QED) is 0.468. The molecule has 0 fully saturated rings. The van der Waals surface area contributed by atoms with Crippen molar-refractivity contribution in [3.8, 4) is 0 Å². The smallest absolute Gasteiger partial charge is 0.156 e. The summed E-state index contributed by atoms with van der Waals surface area (Å²) in [6.45, 7) is 2.01. The minimum atomic E-state index is -1.61. The first-order valence-corrected chi connectivity index (χ1v) is 4.62. The fourth-order valence-electron chi connectivity index (χ4n) is 1.23. The normalized spacial score (nSPS) is 29.4. The Bertz CT molecular complexity index is 174. The summed E-state index contributed by atoms with van der Waals surface area (Å²) < 4.78 is 19.3. The Morgan fingerprint density at radius 3 is 2.90 bits per heavy atom. The van der Waals surface area contributed by atoms with Gasteiger partial charge in [-0.25, -0.2) is 4.21 Å². The van der Waals surface area contributed by atoms with Crippen LogP contribution < -0.4 is 0 Å². The van der Waals surface area contributed by atoms with Gasteiger partial charge >= 0.3 is 0 Å². The van der Waals surface area contributed by atoms with Crippen LogP contribution in [0.15, 0.2) is 11.6 Å². The third kappa shape index (κ3) is 1.92. The molecular formula is C7H12O2S. The van der Waals surface area contributed by atoms with Gasteiger partial charge in [0.2, 0.25) is 0 Å². The second kappa shape index (κ2) is 3.30. The SMILES string of the molecule is CC1=CCCC(S(=O)O)C1. The summed E-state index contributed by atoms with van der Waals surface area (Å²) in [5.41, 5.74) is 1.25. The van der Waals surface area contributed by atoms with Gasteiger partial charge in [0.05, 0.1) is 5.25 Å². The van der Waals surface area contributed by atoms with Crippen molar-refractivity contribution in [2.75, 3.05) is 0 Å². The molecule has 0 amide bonds. The molecule has 0 saturated carbocycles. The third-order valence-corrected chi connectivity index (χ3v) is 2.79. The summed E-state index contributed by atoms with van der Waals surface area (Å²) >= 11 is -1.61. The van der Waals surface area contributed by atoms with Gasteiger partial charge in [0.25, 0.3) is 0 Å². The zero-order valence-electron chi connectivity index (χ0n) is 6.04. The summed E-state index contributed by atoms with van der Waals surface area (Å²) in [4.78, 5) is 0. The largest absolute Gasteiger partial charge is 0.306 e. The van der Waals surface area contributed by atoms with E-state index < -0.39 is 11.1 Å². The van der Waals surface area contributed by atoms with Crippen LogP contribution in [0.3, 0.4) is 0 Å². The molecule has 0 radical (unpaired) electrons. The summed E-state index contributed by atoms with van der Waals surface area (Å²) in [6, 6.07) is 0. The van der Waals surface area contributed by atoms with Crippen LogP contribution in [-0.4, -0.2) is 14.0 Å². The second-order valence-electron chi connectivity index (χ2n) is 2.73. The Kier molecular flexibility index (Phi) is 2.63. The molecule has 0 spiro atoms. The molecular weight excluding hydrogens is 148 g/mol. The van der Waals surface area contributed by atoms with Crippen molar-refractivity contribution >= 4 is 11.1 Å². The average molecular weight is 160 g/mol. The van der Waals surface area contributed by atoms with Crippen molar-refractivity contribution in [1.82, 2.24) is 0 Å². The summed E-state index contributed by atoms with van der Waals surface area (Å²) in [7, 11) is 0. The van der Waals surface area contributed by atoms with Gasteiger partial charge in [0.15, 0.2) is 11.1 Å². The number of rotatable bonds is 1. The molecule has 0 aromatic rings. The van der Waals surface area contributed by atoms with E-state index in [9.17, 15) is 4.21 Å². The van der Waals surface area contributed by atoms with Gasteiger partial charge in [-0.15, -0.1) is 0 Å². The monoisotopic (exact) mass is 160 g/mol. The first-order valence-electron chi connectivity index (χ1n) is 3.45. The summed E-state index contributed by atoms with van der Waals surface area (Å²) in [6.07, 6.45) is 4.76. The van der Waals surface area contributed by atoms with Gasteiger partial charge in [0, 0.05) is 0 Å². The van der Waals surface area contributed by atoms with E-state index in [1.165, 1.54) is 5.57 Å². The van der Waals surface area contributed by atoms with Crippen LogP contribution >= 0.6 is 0 Å². The van der Waals surface area contributed by atoms with Crippen LogP contribution in [-0.2, 0) is 11.1 Å². The lowest BCUT2D eigenvalue weighted by molar-refractivity contribution is 0.534. The Hall–Kier alpha value is -0.150. The fraction of sp³-hybridized carbons (Fsp3) is 0.714. The molecule has 2 unspecified atom stereocenters. The highest BCUT2D eigenvalue weighted by Gasteiger charge is 2.17. The van der Waals surface area contributed by atoms with Gasteiger partial charge in [-0.05, 0) is 26.2 Å². The Morgan fingerprint density at radius 1 is 1.80 bits per heavy atom. The maximum absolute atomic E-state index is 10.6. The molecule has 0 aromatic carbocycles. The molecule has 0 bridgehead atoms. The van der Waals surface area contributed by atoms with E-state index >= 15 is 0 Å². The van der Waals surface area contributed by atoms with Crippen LogP contribution in [0.2, 0.25) is 0 Å². The van der Waals surface area contributed by atoms with Crippen LogP contribution in [0.4, 0.5) is 0 Å². The van der Waals surface area contributed by atoms with Crippen molar-refractivity contribution in [3.05, 3.63) is 11.6 Å². The number of allylic oxidation sites excluding steroid dienone is 2. The van der Waals surface area contributed by atoms with Gasteiger partial charge in [-0.1, -0.05) is 11.6 Å². The third-order valence-electron chi connectivity index (χ3n) is 1.82. The van der Waals surface area contributed by atoms with Crippen molar-refractivity contribution < 1.29 is 8.76 Å². The van der Waals surface area contributed by atoms with Crippen molar-refractivity contribution in [2.45, 2.75) is 31.4 Å². The van der Waals surface area contributed by atoms with Gasteiger partial charge in [-0.3, -0.25) is 0 Å². The zero-order valence-corrected chi connectivity index (χ0v) is 6.86. The maximum atomic E-state index is 10.6. The number of hydrogen-bond donors (Lipinski definition) is 1. The standard InChI is InChI=1S/C7H12O2S/c1-6-3-2-4-7(5-6)10(8)9/h3,7H,2,4-5H2,1H3,(H,8,9). The van der Waals surface area contributed by atoms with E-state index in [4.69, 9.17) is 4.55 Å². The lowest BCUT2D eigenvalue weighted by atomic mass is 10.0. The minimum absolute atomic E-state index is 0.00926. The molecule has 3 heteroatoms. The van der Waals surface area contributed by atoms with Gasteiger partial charge in [0.1, 0.15) is 0 Å². The molecule has 0 heterocycles. The minimum Gasteiger partial charge on any atom is -0.306 e. The summed E-state index contributed by atoms with van der Waals surface area (Å²) in [5, 5.41) is -0.00926. The van der Waals surface area contributed by atoms with E-state index in [0.29, 0.717) is 0 Å². The topological polar surface area (TPSA) is 37.3 Å². The Labute approximate surface area is 63.6 Å².